The molecule has 430 valence electrons. The largest absolute Gasteiger partial charge is 0.508 e. The number of aliphatic carboxylic acids is 1. The molecule has 0 radical (unpaired) electrons. The van der Waals surface area contributed by atoms with Crippen LogP contribution in [-0.4, -0.2) is 153 Å². The van der Waals surface area contributed by atoms with E-state index < -0.39 is 169 Å². The van der Waals surface area contributed by atoms with Crippen LogP contribution in [0.5, 0.6) is 5.75 Å². The molecule has 21 N–H and O–H groups in total. The number of aromatic hydroxyl groups is 1. The van der Waals surface area contributed by atoms with E-state index in [9.17, 15) is 77.6 Å². The molecule has 0 saturated heterocycles. The zero-order valence-electron chi connectivity index (χ0n) is 44.1. The fourth-order valence-electron chi connectivity index (χ4n) is 7.36. The van der Waals surface area contributed by atoms with Crippen LogP contribution in [0.25, 0.3) is 0 Å². The molecule has 12 amide bonds. The van der Waals surface area contributed by atoms with Crippen molar-refractivity contribution in [3.8, 4) is 5.75 Å². The van der Waals surface area contributed by atoms with E-state index in [1.165, 1.54) is 12.1 Å². The number of phenols is 1. The van der Waals surface area contributed by atoms with E-state index in [1.54, 1.807) is 53.7 Å². The average molecular weight is 1090 g/mol. The molecule has 29 nitrogen and oxygen atoms in total. The summed E-state index contributed by atoms with van der Waals surface area (Å²) in [5.41, 5.74) is 28.1. The molecule has 0 spiro atoms. The smallest absolute Gasteiger partial charge is 0.326 e. The summed E-state index contributed by atoms with van der Waals surface area (Å²) < 4.78 is 0. The lowest BCUT2D eigenvalue weighted by atomic mass is 9.96. The molecule has 77 heavy (non-hydrogen) atoms. The lowest BCUT2D eigenvalue weighted by Gasteiger charge is -2.30. The van der Waals surface area contributed by atoms with Crippen LogP contribution in [0.1, 0.15) is 105 Å². The number of aliphatic hydroxyl groups excluding tert-OH is 1. The fourth-order valence-corrected chi connectivity index (χ4v) is 7.36. The number of amides is 12. The lowest BCUT2D eigenvalue weighted by Crippen LogP contribution is -2.61. The van der Waals surface area contributed by atoms with Crippen LogP contribution in [0.4, 0.5) is 0 Å². The molecule has 0 bridgehead atoms. The van der Waals surface area contributed by atoms with Gasteiger partial charge in [0.15, 0.2) is 0 Å². The molecular weight excluding hydrogens is 1010 g/mol. The number of nitrogens with two attached hydrogens (primary N) is 5. The number of primary amides is 4. The first kappa shape index (κ1) is 67.1. The molecular formula is C48H77N13O16. The van der Waals surface area contributed by atoms with Gasteiger partial charge < -0.3 is 86.5 Å². The number of carbonyl (C=O) groups excluding carboxylic acids is 12. The number of hydrogen-bond donors (Lipinski definition) is 16. The SMILES string of the molecule is CC[C@H](C)[C@H](NC(=O)[C@H](CCC(N)=O)NC(=O)[C@@H](N)Cc1ccc(O)cc1)C(=O)N[C@@H](CC(C)C)C(=O)N[C@@H](CC(N)=O)C(=O)N[C@@H](CCC(N)=O)C(=O)N[C@@H](CO)C(=O)N[C@@H](CC(N)=O)C(=O)N[C@@H](CC(C)C)C(=O)O. The molecule has 0 aliphatic heterocycles. The summed E-state index contributed by atoms with van der Waals surface area (Å²) in [4.78, 5) is 169. The Morgan fingerprint density at radius 1 is 0.481 bits per heavy atom. The van der Waals surface area contributed by atoms with Crippen LogP contribution in [0.3, 0.4) is 0 Å². The maximum Gasteiger partial charge on any atom is 0.326 e. The normalized spacial score (nSPS) is 15.0. The highest BCUT2D eigenvalue weighted by Gasteiger charge is 2.37. The van der Waals surface area contributed by atoms with Gasteiger partial charge in [0.05, 0.1) is 25.5 Å². The van der Waals surface area contributed by atoms with Gasteiger partial charge in [0.1, 0.15) is 54.1 Å². The number of phenolic OH excluding ortho intramolecular Hbond substituents is 1. The van der Waals surface area contributed by atoms with Crippen molar-refractivity contribution in [3.05, 3.63) is 29.8 Å². The van der Waals surface area contributed by atoms with E-state index in [0.717, 1.165) is 0 Å². The Morgan fingerprint density at radius 3 is 1.26 bits per heavy atom. The zero-order chi connectivity index (χ0) is 58.9. The van der Waals surface area contributed by atoms with Gasteiger partial charge in [-0.25, -0.2) is 4.79 Å². The highest BCUT2D eigenvalue weighted by Crippen LogP contribution is 2.15. The van der Waals surface area contributed by atoms with E-state index in [4.69, 9.17) is 28.7 Å². The van der Waals surface area contributed by atoms with E-state index in [-0.39, 0.29) is 56.1 Å². The summed E-state index contributed by atoms with van der Waals surface area (Å²) in [5.74, 6) is -15.3. The molecule has 0 unspecified atom stereocenters. The van der Waals surface area contributed by atoms with E-state index in [1.807, 2.05) is 0 Å². The van der Waals surface area contributed by atoms with Crippen molar-refractivity contribution in [2.75, 3.05) is 6.61 Å². The zero-order valence-corrected chi connectivity index (χ0v) is 44.1. The standard InChI is InChI=1S/C48H77N13O16/c1-7-24(6)39(61-42(70)29(13-15-36(51)65)54-40(68)27(49)18-25-8-10-26(63)11-9-25)47(75)58-30(16-22(2)3)43(71)56-31(19-37(52)66)44(72)55-28(12-14-35(50)64)41(69)60-34(21-62)46(74)57-32(20-38(53)67)45(73)59-33(48(76)77)17-23(4)5/h8-11,22-24,27-34,39,62-63H,7,12-21,49H2,1-6H3,(H2,50,64)(H2,51,65)(H2,52,66)(H2,53,67)(H,54,68)(H,55,72)(H,56,71)(H,57,74)(H,58,75)(H,59,73)(H,60,69)(H,61,70)(H,76,77)/t24-,27-,28-,29-,30-,31-,32-,33-,34-,39-/m0/s1. The first-order chi connectivity index (χ1) is 35.9. The lowest BCUT2D eigenvalue weighted by molar-refractivity contribution is -0.143. The van der Waals surface area contributed by atoms with Gasteiger partial charge in [-0.2, -0.15) is 0 Å². The third-order valence-corrected chi connectivity index (χ3v) is 11.7. The van der Waals surface area contributed by atoms with Crippen LogP contribution >= 0.6 is 0 Å². The van der Waals surface area contributed by atoms with Gasteiger partial charge in [0.25, 0.3) is 0 Å². The number of hydrogen-bond acceptors (Lipinski definition) is 16. The minimum atomic E-state index is -1.93. The average Bonchev–Trinajstić information content (AvgIpc) is 3.33. The molecule has 1 aromatic carbocycles. The summed E-state index contributed by atoms with van der Waals surface area (Å²) in [6.07, 6.45) is -3.42. The van der Waals surface area contributed by atoms with Gasteiger partial charge in [0, 0.05) is 12.8 Å². The monoisotopic (exact) mass is 1090 g/mol. The molecule has 10 atom stereocenters. The summed E-state index contributed by atoms with van der Waals surface area (Å²) in [7, 11) is 0. The van der Waals surface area contributed by atoms with E-state index >= 15 is 0 Å². The predicted octanol–water partition coefficient (Wildman–Crippen LogP) is -5.36. The molecule has 1 aromatic rings. The summed E-state index contributed by atoms with van der Waals surface area (Å²) in [6, 6.07) is -8.50. The third kappa shape index (κ3) is 25.4. The second kappa shape index (κ2) is 33.2. The van der Waals surface area contributed by atoms with Gasteiger partial charge in [-0.05, 0) is 67.6 Å². The summed E-state index contributed by atoms with van der Waals surface area (Å²) >= 11 is 0. The first-order valence-corrected chi connectivity index (χ1v) is 24.8. The van der Waals surface area contributed by atoms with Crippen molar-refractivity contribution in [1.82, 2.24) is 42.5 Å². The number of carboxylic acids is 1. The summed E-state index contributed by atoms with van der Waals surface area (Å²) in [6.45, 7) is 8.86. The molecule has 0 heterocycles. The van der Waals surface area contributed by atoms with E-state index in [0.29, 0.717) is 5.56 Å². The number of benzene rings is 1. The van der Waals surface area contributed by atoms with Crippen molar-refractivity contribution in [1.29, 1.82) is 0 Å². The minimum Gasteiger partial charge on any atom is -0.508 e. The molecule has 1 rings (SSSR count). The molecule has 0 aromatic heterocycles. The second-order valence-corrected chi connectivity index (χ2v) is 19.4. The van der Waals surface area contributed by atoms with Crippen LogP contribution < -0.4 is 71.2 Å². The molecule has 0 fully saturated rings. The molecule has 0 saturated carbocycles. The van der Waals surface area contributed by atoms with Crippen molar-refractivity contribution in [3.63, 3.8) is 0 Å². The van der Waals surface area contributed by atoms with Crippen LogP contribution in [0.2, 0.25) is 0 Å². The molecule has 0 aliphatic carbocycles. The Balaban J connectivity index is 3.44. The topological polar surface area (TPSA) is 509 Å². The highest BCUT2D eigenvalue weighted by molar-refractivity contribution is 6.00. The van der Waals surface area contributed by atoms with Gasteiger partial charge in [0.2, 0.25) is 70.9 Å². The minimum absolute atomic E-state index is 0.00269. The van der Waals surface area contributed by atoms with Crippen molar-refractivity contribution >= 4 is 76.9 Å². The Labute approximate surface area is 444 Å². The maximum atomic E-state index is 14.1. The molecule has 0 aliphatic rings. The molecule has 29 heteroatoms. The quantitative estimate of drug-likeness (QED) is 0.0298. The maximum absolute atomic E-state index is 14.1. The first-order valence-electron chi connectivity index (χ1n) is 24.8. The van der Waals surface area contributed by atoms with Crippen molar-refractivity contribution in [2.45, 2.75) is 160 Å². The van der Waals surface area contributed by atoms with Gasteiger partial charge in [-0.1, -0.05) is 60.1 Å². The predicted molar refractivity (Wildman–Crippen MR) is 273 cm³/mol. The van der Waals surface area contributed by atoms with Crippen molar-refractivity contribution in [2.24, 2.45) is 46.4 Å². The Kier molecular flexibility index (Phi) is 28.9. The second-order valence-electron chi connectivity index (χ2n) is 19.4. The summed E-state index contributed by atoms with van der Waals surface area (Å²) in [5, 5.41) is 47.9. The number of nitrogens with one attached hydrogen (secondary N) is 8. The van der Waals surface area contributed by atoms with Gasteiger partial charge in [-0.15, -0.1) is 0 Å². The highest BCUT2D eigenvalue weighted by atomic mass is 16.4. The van der Waals surface area contributed by atoms with Crippen LogP contribution in [0.15, 0.2) is 24.3 Å². The van der Waals surface area contributed by atoms with Crippen molar-refractivity contribution < 1.29 is 77.6 Å². The number of carboxylic acid groups (broad SMARTS) is 1. The number of carbonyl (C=O) groups is 13. The fraction of sp³-hybridized carbons (Fsp3) is 0.604. The van der Waals surface area contributed by atoms with Gasteiger partial charge in [-0.3, -0.25) is 57.5 Å². The Bertz CT molecular complexity index is 2260. The van der Waals surface area contributed by atoms with Crippen LogP contribution in [-0.2, 0) is 68.7 Å². The number of rotatable bonds is 36. The third-order valence-electron chi connectivity index (χ3n) is 11.7. The van der Waals surface area contributed by atoms with E-state index in [2.05, 4.69) is 42.5 Å². The van der Waals surface area contributed by atoms with Crippen LogP contribution in [0, 0.1) is 17.8 Å². The Hall–Kier alpha value is -7.95. The Morgan fingerprint density at radius 2 is 0.844 bits per heavy atom. The number of aliphatic hydroxyl groups is 1. The van der Waals surface area contributed by atoms with Gasteiger partial charge >= 0.3 is 5.97 Å².